The number of carbonyl (C=O) groups is 1. The van der Waals surface area contributed by atoms with Crippen LogP contribution in [-0.4, -0.2) is 39.1 Å². The van der Waals surface area contributed by atoms with E-state index < -0.39 is 0 Å². The lowest BCUT2D eigenvalue weighted by Crippen LogP contribution is -2.16. The maximum absolute atomic E-state index is 12.3. The Morgan fingerprint density at radius 1 is 1.03 bits per heavy atom. The van der Waals surface area contributed by atoms with Gasteiger partial charge in [0, 0.05) is 42.7 Å². The number of amides is 1. The Balaban J connectivity index is 1.53. The maximum Gasteiger partial charge on any atom is 0.253 e. The van der Waals surface area contributed by atoms with E-state index in [2.05, 4.69) is 26.8 Å². The van der Waals surface area contributed by atoms with Crippen molar-refractivity contribution in [2.75, 3.05) is 24.8 Å². The number of nitrogens with one attached hydrogen (secondary N) is 1. The number of benzene rings is 2. The molecule has 3 heterocycles. The largest absolute Gasteiger partial charge is 0.439 e. The fraction of sp³-hybridized carbons (Fsp3) is 0.133. The average molecular weight is 521 g/mol. The molecule has 0 bridgehead atoms. The highest BCUT2D eigenvalue weighted by molar-refractivity contribution is 6.08. The zero-order valence-electron chi connectivity index (χ0n) is 21.9. The molecule has 0 saturated carbocycles. The van der Waals surface area contributed by atoms with Crippen molar-refractivity contribution in [1.29, 1.82) is 0 Å². The first-order chi connectivity index (χ1) is 18.9. The molecule has 9 nitrogen and oxygen atoms in total. The van der Waals surface area contributed by atoms with Gasteiger partial charge in [0.2, 0.25) is 5.88 Å². The SMILES string of the molecule is C=C(COC)C(=O)Nc1ccc(-c2c(-c3ccc(Oc4cccc(C)n4)cc3)c3c(N)ncnc3n2C)cc1. The van der Waals surface area contributed by atoms with Crippen LogP contribution in [-0.2, 0) is 16.6 Å². The molecule has 5 aromatic rings. The van der Waals surface area contributed by atoms with Crippen LogP contribution in [0.5, 0.6) is 11.6 Å². The zero-order valence-corrected chi connectivity index (χ0v) is 21.9. The highest BCUT2D eigenvalue weighted by Crippen LogP contribution is 2.42. The molecule has 5 rings (SSSR count). The van der Waals surface area contributed by atoms with E-state index in [0.29, 0.717) is 34.4 Å². The first-order valence-corrected chi connectivity index (χ1v) is 12.2. The van der Waals surface area contributed by atoms with Gasteiger partial charge in [0.05, 0.1) is 17.7 Å². The lowest BCUT2D eigenvalue weighted by Gasteiger charge is -2.12. The van der Waals surface area contributed by atoms with E-state index in [1.165, 1.54) is 13.4 Å². The predicted octanol–water partition coefficient (Wildman–Crippen LogP) is 5.52. The Bertz CT molecular complexity index is 1670. The van der Waals surface area contributed by atoms with E-state index >= 15 is 0 Å². The Labute approximate surface area is 226 Å². The van der Waals surface area contributed by atoms with Gasteiger partial charge in [0.1, 0.15) is 23.5 Å². The average Bonchev–Trinajstić information content (AvgIpc) is 3.23. The summed E-state index contributed by atoms with van der Waals surface area (Å²) in [6, 6.07) is 21.0. The van der Waals surface area contributed by atoms with Gasteiger partial charge in [0.15, 0.2) is 0 Å². The molecular formula is C30H28N6O3. The van der Waals surface area contributed by atoms with Crippen molar-refractivity contribution in [2.45, 2.75) is 6.92 Å². The van der Waals surface area contributed by atoms with Crippen LogP contribution in [0.25, 0.3) is 33.4 Å². The molecule has 0 aliphatic rings. The van der Waals surface area contributed by atoms with E-state index in [-0.39, 0.29) is 12.5 Å². The molecule has 0 unspecified atom stereocenters. The minimum Gasteiger partial charge on any atom is -0.439 e. The maximum atomic E-state index is 12.3. The number of fused-ring (bicyclic) bond motifs is 1. The molecule has 0 aliphatic heterocycles. The van der Waals surface area contributed by atoms with Gasteiger partial charge >= 0.3 is 0 Å². The first kappa shape index (κ1) is 25.6. The Morgan fingerprint density at radius 2 is 1.74 bits per heavy atom. The van der Waals surface area contributed by atoms with Crippen molar-refractivity contribution in [3.8, 4) is 34.0 Å². The minimum atomic E-state index is -0.291. The number of rotatable bonds is 8. The highest BCUT2D eigenvalue weighted by atomic mass is 16.5. The number of methoxy groups -OCH3 is 1. The van der Waals surface area contributed by atoms with Gasteiger partial charge in [-0.2, -0.15) is 0 Å². The topological polar surface area (TPSA) is 117 Å². The van der Waals surface area contributed by atoms with Crippen molar-refractivity contribution in [3.63, 3.8) is 0 Å². The molecule has 196 valence electrons. The number of pyridine rings is 1. The summed E-state index contributed by atoms with van der Waals surface area (Å²) in [7, 11) is 3.46. The first-order valence-electron chi connectivity index (χ1n) is 12.2. The van der Waals surface area contributed by atoms with Crippen LogP contribution in [0, 0.1) is 6.92 Å². The smallest absolute Gasteiger partial charge is 0.253 e. The summed E-state index contributed by atoms with van der Waals surface area (Å²) in [4.78, 5) is 25.5. The summed E-state index contributed by atoms with van der Waals surface area (Å²) in [5, 5.41) is 3.61. The van der Waals surface area contributed by atoms with Gasteiger partial charge in [0.25, 0.3) is 5.91 Å². The second-order valence-electron chi connectivity index (χ2n) is 9.05. The van der Waals surface area contributed by atoms with E-state index in [1.54, 1.807) is 0 Å². The fourth-order valence-electron chi connectivity index (χ4n) is 4.45. The van der Waals surface area contributed by atoms with Crippen LogP contribution in [0.3, 0.4) is 0 Å². The molecule has 39 heavy (non-hydrogen) atoms. The van der Waals surface area contributed by atoms with Crippen molar-refractivity contribution in [2.24, 2.45) is 7.05 Å². The molecule has 0 atom stereocenters. The van der Waals surface area contributed by atoms with Gasteiger partial charge < -0.3 is 25.1 Å². The molecule has 0 fully saturated rings. The van der Waals surface area contributed by atoms with Gasteiger partial charge in [-0.25, -0.2) is 15.0 Å². The van der Waals surface area contributed by atoms with Gasteiger partial charge in [-0.3, -0.25) is 4.79 Å². The number of nitrogens with two attached hydrogens (primary N) is 1. The molecular weight excluding hydrogens is 492 g/mol. The van der Waals surface area contributed by atoms with Crippen molar-refractivity contribution < 1.29 is 14.3 Å². The standard InChI is InChI=1S/C30H28N6O3/c1-18(16-38-4)30(37)35-22-12-8-21(9-13-22)27-25(26-28(31)32-17-33-29(26)36(27)3)20-10-14-23(15-11-20)39-24-7-5-6-19(2)34-24/h5-15,17H,1,16H2,2-4H3,(H,35,37)(H2,31,32,33). The second kappa shape index (κ2) is 10.8. The number of aryl methyl sites for hydroxylation is 2. The van der Waals surface area contributed by atoms with Crippen LogP contribution in [0.2, 0.25) is 0 Å². The molecule has 0 aliphatic carbocycles. The summed E-state index contributed by atoms with van der Waals surface area (Å²) in [5.74, 6) is 1.30. The summed E-state index contributed by atoms with van der Waals surface area (Å²) in [6.45, 7) is 5.83. The molecule has 0 spiro atoms. The Morgan fingerprint density at radius 3 is 2.44 bits per heavy atom. The van der Waals surface area contributed by atoms with E-state index in [4.69, 9.17) is 15.2 Å². The van der Waals surface area contributed by atoms with Crippen molar-refractivity contribution in [1.82, 2.24) is 19.5 Å². The summed E-state index contributed by atoms with van der Waals surface area (Å²) < 4.78 is 12.9. The van der Waals surface area contributed by atoms with Crippen molar-refractivity contribution in [3.05, 3.63) is 90.9 Å². The third-order valence-corrected chi connectivity index (χ3v) is 6.28. The van der Waals surface area contributed by atoms with Crippen LogP contribution in [0.1, 0.15) is 5.69 Å². The van der Waals surface area contributed by atoms with Crippen LogP contribution in [0.15, 0.2) is 85.2 Å². The number of ether oxygens (including phenoxy) is 2. The number of anilines is 2. The number of aromatic nitrogens is 4. The number of hydrogen-bond donors (Lipinski definition) is 2. The molecule has 9 heteroatoms. The second-order valence-corrected chi connectivity index (χ2v) is 9.05. The Hall–Kier alpha value is -5.02. The van der Waals surface area contributed by atoms with E-state index in [1.807, 2.05) is 85.3 Å². The van der Waals surface area contributed by atoms with Crippen LogP contribution in [0.4, 0.5) is 11.5 Å². The fourth-order valence-corrected chi connectivity index (χ4v) is 4.45. The monoisotopic (exact) mass is 520 g/mol. The van der Waals surface area contributed by atoms with Gasteiger partial charge in [-0.05, 0) is 48.4 Å². The van der Waals surface area contributed by atoms with E-state index in [0.717, 1.165) is 33.5 Å². The number of carbonyl (C=O) groups excluding carboxylic acids is 1. The third-order valence-electron chi connectivity index (χ3n) is 6.28. The van der Waals surface area contributed by atoms with Crippen LogP contribution < -0.4 is 15.8 Å². The summed E-state index contributed by atoms with van der Waals surface area (Å²) in [5.41, 5.74) is 12.6. The normalized spacial score (nSPS) is 10.9. The van der Waals surface area contributed by atoms with Gasteiger partial charge in [-0.1, -0.05) is 36.9 Å². The minimum absolute atomic E-state index is 0.164. The zero-order chi connectivity index (χ0) is 27.5. The highest BCUT2D eigenvalue weighted by Gasteiger charge is 2.22. The molecule has 3 aromatic heterocycles. The molecule has 0 radical (unpaired) electrons. The lowest BCUT2D eigenvalue weighted by atomic mass is 9.98. The number of nitrogen functional groups attached to an aromatic ring is 1. The molecule has 3 N–H and O–H groups in total. The molecule has 1 amide bonds. The van der Waals surface area contributed by atoms with E-state index in [9.17, 15) is 4.79 Å². The quantitative estimate of drug-likeness (QED) is 0.259. The molecule has 0 saturated heterocycles. The predicted molar refractivity (Wildman–Crippen MR) is 152 cm³/mol. The molecule has 2 aromatic carbocycles. The van der Waals surface area contributed by atoms with Gasteiger partial charge in [-0.15, -0.1) is 0 Å². The third kappa shape index (κ3) is 5.21. The number of nitrogens with zero attached hydrogens (tertiary/aromatic N) is 4. The summed E-state index contributed by atoms with van der Waals surface area (Å²) >= 11 is 0. The van der Waals surface area contributed by atoms with Crippen molar-refractivity contribution >= 4 is 28.4 Å². The lowest BCUT2D eigenvalue weighted by molar-refractivity contribution is -0.113. The Kier molecular flexibility index (Phi) is 7.07. The number of hydrogen-bond acceptors (Lipinski definition) is 7. The van der Waals surface area contributed by atoms with Crippen LogP contribution >= 0.6 is 0 Å². The summed E-state index contributed by atoms with van der Waals surface area (Å²) in [6.07, 6.45) is 1.46.